The lowest BCUT2D eigenvalue weighted by Crippen LogP contribution is -2.01. The lowest BCUT2D eigenvalue weighted by atomic mass is 10.1. The third-order valence-electron chi connectivity index (χ3n) is 1.71. The molecule has 2 aromatic heterocycles. The number of aromatic nitrogens is 4. The highest BCUT2D eigenvalue weighted by Crippen LogP contribution is 2.16. The van der Waals surface area contributed by atoms with Crippen molar-refractivity contribution in [1.82, 2.24) is 20.2 Å². The molecule has 0 bridgehead atoms. The van der Waals surface area contributed by atoms with Crippen LogP contribution in [0, 0.1) is 0 Å². The Kier molecular flexibility index (Phi) is 2.01. The number of hydrogen-bond donors (Lipinski definition) is 2. The molecule has 13 heavy (non-hydrogen) atoms. The number of aliphatic hydroxyl groups is 1. The Labute approximate surface area is 74.5 Å². The van der Waals surface area contributed by atoms with Crippen molar-refractivity contribution in [1.29, 1.82) is 0 Å². The second-order valence-electron chi connectivity index (χ2n) is 2.55. The van der Waals surface area contributed by atoms with Crippen molar-refractivity contribution in [3.8, 4) is 0 Å². The molecule has 2 heterocycles. The van der Waals surface area contributed by atoms with E-state index in [-0.39, 0.29) is 0 Å². The van der Waals surface area contributed by atoms with E-state index in [4.69, 9.17) is 0 Å². The lowest BCUT2D eigenvalue weighted by Gasteiger charge is -2.05. The minimum absolute atomic E-state index is 0.436. The van der Waals surface area contributed by atoms with E-state index in [0.717, 1.165) is 5.56 Å². The van der Waals surface area contributed by atoms with Gasteiger partial charge in [-0.05, 0) is 17.7 Å². The zero-order chi connectivity index (χ0) is 9.10. The van der Waals surface area contributed by atoms with Crippen LogP contribution in [-0.4, -0.2) is 25.3 Å². The summed E-state index contributed by atoms with van der Waals surface area (Å²) in [4.78, 5) is 7.71. The standard InChI is InChI=1S/C8H8N4O/c13-7(8-10-5-11-12-8)6-1-3-9-4-2-6/h1-5,7,13H,(H,10,11,12). The maximum absolute atomic E-state index is 9.72. The molecular weight excluding hydrogens is 168 g/mol. The van der Waals surface area contributed by atoms with Gasteiger partial charge in [0, 0.05) is 12.4 Å². The Hall–Kier alpha value is -1.75. The van der Waals surface area contributed by atoms with Gasteiger partial charge in [-0.15, -0.1) is 0 Å². The van der Waals surface area contributed by atoms with Crippen molar-refractivity contribution in [2.24, 2.45) is 0 Å². The molecule has 5 nitrogen and oxygen atoms in total. The Morgan fingerprint density at radius 2 is 2.08 bits per heavy atom. The molecule has 0 amide bonds. The average molecular weight is 176 g/mol. The van der Waals surface area contributed by atoms with Gasteiger partial charge in [0.25, 0.3) is 0 Å². The zero-order valence-electron chi connectivity index (χ0n) is 6.75. The quantitative estimate of drug-likeness (QED) is 0.689. The molecule has 0 saturated heterocycles. The molecule has 5 heteroatoms. The van der Waals surface area contributed by atoms with Crippen molar-refractivity contribution < 1.29 is 5.11 Å². The van der Waals surface area contributed by atoms with E-state index in [1.54, 1.807) is 24.5 Å². The van der Waals surface area contributed by atoms with Gasteiger partial charge in [0.1, 0.15) is 12.4 Å². The highest BCUT2D eigenvalue weighted by molar-refractivity contribution is 5.18. The van der Waals surface area contributed by atoms with E-state index in [0.29, 0.717) is 5.82 Å². The van der Waals surface area contributed by atoms with E-state index in [9.17, 15) is 5.11 Å². The zero-order valence-corrected chi connectivity index (χ0v) is 6.75. The predicted octanol–water partition coefficient (Wildman–Crippen LogP) is 0.281. The number of rotatable bonds is 2. The summed E-state index contributed by atoms with van der Waals surface area (Å²) in [6, 6.07) is 3.46. The monoisotopic (exact) mass is 176 g/mol. The molecule has 0 radical (unpaired) electrons. The van der Waals surface area contributed by atoms with Crippen LogP contribution in [0.3, 0.4) is 0 Å². The van der Waals surface area contributed by atoms with Crippen LogP contribution in [-0.2, 0) is 0 Å². The summed E-state index contributed by atoms with van der Waals surface area (Å²) in [5.74, 6) is 0.436. The van der Waals surface area contributed by atoms with Gasteiger partial charge in [-0.3, -0.25) is 10.1 Å². The third-order valence-corrected chi connectivity index (χ3v) is 1.71. The summed E-state index contributed by atoms with van der Waals surface area (Å²) in [7, 11) is 0. The van der Waals surface area contributed by atoms with Gasteiger partial charge in [-0.25, -0.2) is 4.98 Å². The molecule has 2 rings (SSSR count). The van der Waals surface area contributed by atoms with E-state index < -0.39 is 6.10 Å². The van der Waals surface area contributed by atoms with Crippen LogP contribution in [0.25, 0.3) is 0 Å². The second kappa shape index (κ2) is 3.32. The SMILES string of the molecule is OC(c1ccncc1)c1ncn[nH]1. The molecule has 0 aliphatic heterocycles. The van der Waals surface area contributed by atoms with E-state index >= 15 is 0 Å². The molecule has 2 aromatic rings. The highest BCUT2D eigenvalue weighted by atomic mass is 16.3. The van der Waals surface area contributed by atoms with E-state index in [1.807, 2.05) is 0 Å². The number of aliphatic hydroxyl groups excluding tert-OH is 1. The van der Waals surface area contributed by atoms with Crippen LogP contribution < -0.4 is 0 Å². The first kappa shape index (κ1) is 7.88. The predicted molar refractivity (Wildman–Crippen MR) is 44.7 cm³/mol. The van der Waals surface area contributed by atoms with E-state index in [2.05, 4.69) is 20.2 Å². The fraction of sp³-hybridized carbons (Fsp3) is 0.125. The van der Waals surface area contributed by atoms with Crippen LogP contribution in [0.2, 0.25) is 0 Å². The number of H-pyrrole nitrogens is 1. The van der Waals surface area contributed by atoms with Gasteiger partial charge in [0.15, 0.2) is 5.82 Å². The molecule has 2 N–H and O–H groups in total. The Bertz CT molecular complexity index is 359. The Morgan fingerprint density at radius 1 is 1.31 bits per heavy atom. The largest absolute Gasteiger partial charge is 0.380 e. The van der Waals surface area contributed by atoms with Crippen LogP contribution in [0.4, 0.5) is 0 Å². The van der Waals surface area contributed by atoms with E-state index in [1.165, 1.54) is 6.33 Å². The molecule has 0 aliphatic rings. The third kappa shape index (κ3) is 1.54. The van der Waals surface area contributed by atoms with Crippen LogP contribution in [0.15, 0.2) is 30.9 Å². The van der Waals surface area contributed by atoms with Crippen molar-refractivity contribution >= 4 is 0 Å². The fourth-order valence-electron chi connectivity index (χ4n) is 1.05. The number of nitrogens with one attached hydrogen (secondary N) is 1. The minimum Gasteiger partial charge on any atom is -0.380 e. The molecule has 0 aromatic carbocycles. The minimum atomic E-state index is -0.759. The molecule has 1 unspecified atom stereocenters. The first-order chi connectivity index (χ1) is 6.38. The molecule has 0 spiro atoms. The topological polar surface area (TPSA) is 74.7 Å². The summed E-state index contributed by atoms with van der Waals surface area (Å²) in [5, 5.41) is 16.0. The smallest absolute Gasteiger partial charge is 0.157 e. The molecular formula is C8H8N4O. The fourth-order valence-corrected chi connectivity index (χ4v) is 1.05. The number of hydrogen-bond acceptors (Lipinski definition) is 4. The number of nitrogens with zero attached hydrogens (tertiary/aromatic N) is 3. The van der Waals surface area contributed by atoms with Crippen LogP contribution in [0.1, 0.15) is 17.5 Å². The van der Waals surface area contributed by atoms with Crippen LogP contribution in [0.5, 0.6) is 0 Å². The molecule has 1 atom stereocenters. The summed E-state index contributed by atoms with van der Waals surface area (Å²) >= 11 is 0. The van der Waals surface area contributed by atoms with Gasteiger partial charge in [-0.2, -0.15) is 5.10 Å². The Balaban J connectivity index is 2.29. The molecule has 0 saturated carbocycles. The van der Waals surface area contributed by atoms with Crippen molar-refractivity contribution in [3.63, 3.8) is 0 Å². The number of pyridine rings is 1. The van der Waals surface area contributed by atoms with Gasteiger partial charge in [0.05, 0.1) is 0 Å². The van der Waals surface area contributed by atoms with Gasteiger partial charge < -0.3 is 5.11 Å². The van der Waals surface area contributed by atoms with Gasteiger partial charge >= 0.3 is 0 Å². The average Bonchev–Trinajstić information content (AvgIpc) is 2.71. The number of aromatic amines is 1. The van der Waals surface area contributed by atoms with Crippen molar-refractivity contribution in [2.75, 3.05) is 0 Å². The van der Waals surface area contributed by atoms with Gasteiger partial charge in [0.2, 0.25) is 0 Å². The van der Waals surface area contributed by atoms with Crippen molar-refractivity contribution in [3.05, 3.63) is 42.2 Å². The molecule has 0 aliphatic carbocycles. The summed E-state index contributed by atoms with van der Waals surface area (Å²) in [6.07, 6.45) is 3.84. The Morgan fingerprint density at radius 3 is 2.69 bits per heavy atom. The maximum Gasteiger partial charge on any atom is 0.157 e. The first-order valence-corrected chi connectivity index (χ1v) is 3.81. The maximum atomic E-state index is 9.72. The first-order valence-electron chi connectivity index (χ1n) is 3.81. The van der Waals surface area contributed by atoms with Crippen molar-refractivity contribution in [2.45, 2.75) is 6.10 Å². The lowest BCUT2D eigenvalue weighted by molar-refractivity contribution is 0.210. The molecule has 66 valence electrons. The summed E-state index contributed by atoms with van der Waals surface area (Å²) in [6.45, 7) is 0. The molecule has 0 fully saturated rings. The summed E-state index contributed by atoms with van der Waals surface area (Å²) in [5.41, 5.74) is 0.742. The normalized spacial score (nSPS) is 12.7. The van der Waals surface area contributed by atoms with Crippen LogP contribution >= 0.6 is 0 Å². The second-order valence-corrected chi connectivity index (χ2v) is 2.55. The van der Waals surface area contributed by atoms with Gasteiger partial charge in [-0.1, -0.05) is 0 Å². The highest BCUT2D eigenvalue weighted by Gasteiger charge is 2.11. The summed E-state index contributed by atoms with van der Waals surface area (Å²) < 4.78 is 0.